The van der Waals surface area contributed by atoms with Gasteiger partial charge in [0, 0.05) is 0 Å². The fourth-order valence-electron chi connectivity index (χ4n) is 3.64. The van der Waals surface area contributed by atoms with E-state index in [1.165, 1.54) is 44.1 Å². The van der Waals surface area contributed by atoms with Gasteiger partial charge in [-0.3, -0.25) is 0 Å². The SMILES string of the molecule is CCCCCC1CCC(C#N)(c2ccc(OCC)cc2)CC1. The van der Waals surface area contributed by atoms with Gasteiger partial charge in [-0.2, -0.15) is 5.26 Å². The highest BCUT2D eigenvalue weighted by atomic mass is 16.5. The summed E-state index contributed by atoms with van der Waals surface area (Å²) < 4.78 is 5.50. The van der Waals surface area contributed by atoms with E-state index >= 15 is 0 Å². The summed E-state index contributed by atoms with van der Waals surface area (Å²) in [6.07, 6.45) is 9.75. The Bertz CT molecular complexity index is 477. The molecule has 1 fully saturated rings. The van der Waals surface area contributed by atoms with Gasteiger partial charge in [0.25, 0.3) is 0 Å². The summed E-state index contributed by atoms with van der Waals surface area (Å²) in [4.78, 5) is 0. The van der Waals surface area contributed by atoms with Crippen LogP contribution in [0.2, 0.25) is 0 Å². The Labute approximate surface area is 135 Å². The van der Waals surface area contributed by atoms with Crippen molar-refractivity contribution in [3.63, 3.8) is 0 Å². The Morgan fingerprint density at radius 2 is 1.82 bits per heavy atom. The number of nitrogens with zero attached hydrogens (tertiary/aromatic N) is 1. The first kappa shape index (κ1) is 16.9. The van der Waals surface area contributed by atoms with E-state index in [1.807, 2.05) is 19.1 Å². The molecule has 0 N–H and O–H groups in total. The lowest BCUT2D eigenvalue weighted by atomic mass is 9.67. The maximum atomic E-state index is 9.79. The molecule has 0 saturated heterocycles. The number of hydrogen-bond donors (Lipinski definition) is 0. The molecule has 1 aromatic carbocycles. The summed E-state index contributed by atoms with van der Waals surface area (Å²) in [5, 5.41) is 9.79. The summed E-state index contributed by atoms with van der Waals surface area (Å²) in [5.41, 5.74) is 0.900. The van der Waals surface area contributed by atoms with E-state index in [2.05, 4.69) is 25.1 Å². The van der Waals surface area contributed by atoms with Crippen LogP contribution < -0.4 is 4.74 Å². The number of rotatable bonds is 7. The molecule has 0 aromatic heterocycles. The molecule has 0 radical (unpaired) electrons. The molecule has 0 heterocycles. The predicted molar refractivity (Wildman–Crippen MR) is 91.0 cm³/mol. The molecular formula is C20H29NO. The lowest BCUT2D eigenvalue weighted by molar-refractivity contribution is 0.261. The zero-order valence-corrected chi connectivity index (χ0v) is 14.1. The second-order valence-corrected chi connectivity index (χ2v) is 6.59. The van der Waals surface area contributed by atoms with Gasteiger partial charge in [0.2, 0.25) is 0 Å². The maximum Gasteiger partial charge on any atom is 0.119 e. The van der Waals surface area contributed by atoms with Crippen molar-refractivity contribution in [3.8, 4) is 11.8 Å². The second kappa shape index (κ2) is 8.22. The summed E-state index contributed by atoms with van der Waals surface area (Å²) in [7, 11) is 0. The van der Waals surface area contributed by atoms with Crippen molar-refractivity contribution in [2.45, 2.75) is 70.6 Å². The van der Waals surface area contributed by atoms with Gasteiger partial charge in [0.05, 0.1) is 18.1 Å². The average molecular weight is 299 g/mol. The third-order valence-electron chi connectivity index (χ3n) is 5.11. The summed E-state index contributed by atoms with van der Waals surface area (Å²) >= 11 is 0. The molecule has 22 heavy (non-hydrogen) atoms. The highest BCUT2D eigenvalue weighted by Gasteiger charge is 2.36. The minimum absolute atomic E-state index is 0.272. The van der Waals surface area contributed by atoms with Crippen LogP contribution in [0, 0.1) is 17.2 Å². The lowest BCUT2D eigenvalue weighted by Crippen LogP contribution is -2.30. The van der Waals surface area contributed by atoms with Crippen LogP contribution in [-0.4, -0.2) is 6.61 Å². The van der Waals surface area contributed by atoms with E-state index in [0.717, 1.165) is 24.5 Å². The molecule has 0 bridgehead atoms. The molecule has 2 heteroatoms. The number of benzene rings is 1. The largest absolute Gasteiger partial charge is 0.494 e. The van der Waals surface area contributed by atoms with Crippen LogP contribution in [0.25, 0.3) is 0 Å². The number of hydrogen-bond acceptors (Lipinski definition) is 2. The minimum Gasteiger partial charge on any atom is -0.494 e. The van der Waals surface area contributed by atoms with Gasteiger partial charge in [-0.25, -0.2) is 0 Å². The van der Waals surface area contributed by atoms with E-state index in [0.29, 0.717) is 6.61 Å². The molecule has 0 aliphatic heterocycles. The molecule has 1 aromatic rings. The van der Waals surface area contributed by atoms with E-state index < -0.39 is 0 Å². The van der Waals surface area contributed by atoms with Gasteiger partial charge in [-0.1, -0.05) is 44.7 Å². The van der Waals surface area contributed by atoms with Crippen LogP contribution >= 0.6 is 0 Å². The van der Waals surface area contributed by atoms with E-state index in [1.54, 1.807) is 0 Å². The fourth-order valence-corrected chi connectivity index (χ4v) is 3.64. The smallest absolute Gasteiger partial charge is 0.119 e. The molecule has 0 spiro atoms. The van der Waals surface area contributed by atoms with Crippen molar-refractivity contribution < 1.29 is 4.74 Å². The van der Waals surface area contributed by atoms with Crippen molar-refractivity contribution in [1.82, 2.24) is 0 Å². The van der Waals surface area contributed by atoms with Gasteiger partial charge < -0.3 is 4.74 Å². The van der Waals surface area contributed by atoms with E-state index in [-0.39, 0.29) is 5.41 Å². The highest BCUT2D eigenvalue weighted by Crippen LogP contribution is 2.42. The summed E-state index contributed by atoms with van der Waals surface area (Å²) in [6, 6.07) is 10.8. The third kappa shape index (κ3) is 4.03. The summed E-state index contributed by atoms with van der Waals surface area (Å²) in [6.45, 7) is 4.93. The first-order valence-electron chi connectivity index (χ1n) is 8.88. The van der Waals surface area contributed by atoms with Gasteiger partial charge in [0.15, 0.2) is 0 Å². The van der Waals surface area contributed by atoms with Gasteiger partial charge in [-0.15, -0.1) is 0 Å². The van der Waals surface area contributed by atoms with Crippen LogP contribution in [0.3, 0.4) is 0 Å². The zero-order chi connectivity index (χ0) is 15.8. The maximum absolute atomic E-state index is 9.79. The highest BCUT2D eigenvalue weighted by molar-refractivity contribution is 5.37. The third-order valence-corrected chi connectivity index (χ3v) is 5.11. The van der Waals surface area contributed by atoms with Crippen LogP contribution in [0.1, 0.15) is 70.8 Å². The van der Waals surface area contributed by atoms with E-state index in [9.17, 15) is 5.26 Å². The predicted octanol–water partition coefficient (Wildman–Crippen LogP) is 5.62. The number of unbranched alkanes of at least 4 members (excludes halogenated alkanes) is 2. The Kier molecular flexibility index (Phi) is 6.31. The average Bonchev–Trinajstić information content (AvgIpc) is 2.57. The van der Waals surface area contributed by atoms with Gasteiger partial charge in [-0.05, 0) is 56.2 Å². The first-order chi connectivity index (χ1) is 10.7. The molecule has 1 aliphatic rings. The molecule has 0 atom stereocenters. The Balaban J connectivity index is 1.98. The van der Waals surface area contributed by atoms with Crippen LogP contribution in [-0.2, 0) is 5.41 Å². The number of nitriles is 1. The Morgan fingerprint density at radius 1 is 1.14 bits per heavy atom. The van der Waals surface area contributed by atoms with Crippen molar-refractivity contribution >= 4 is 0 Å². The molecular weight excluding hydrogens is 270 g/mol. The van der Waals surface area contributed by atoms with Crippen LogP contribution in [0.15, 0.2) is 24.3 Å². The number of ether oxygens (including phenoxy) is 1. The van der Waals surface area contributed by atoms with Crippen molar-refractivity contribution in [2.24, 2.45) is 5.92 Å². The Hall–Kier alpha value is -1.49. The zero-order valence-electron chi connectivity index (χ0n) is 14.1. The molecule has 0 amide bonds. The van der Waals surface area contributed by atoms with Gasteiger partial charge in [0.1, 0.15) is 5.75 Å². The molecule has 1 aliphatic carbocycles. The topological polar surface area (TPSA) is 33.0 Å². The quantitative estimate of drug-likeness (QED) is 0.612. The van der Waals surface area contributed by atoms with Crippen molar-refractivity contribution in [3.05, 3.63) is 29.8 Å². The Morgan fingerprint density at radius 3 is 2.36 bits per heavy atom. The standard InChI is InChI=1S/C20H29NO/c1-3-5-6-7-17-12-14-20(16-21,15-13-17)18-8-10-19(11-9-18)22-4-2/h8-11,17H,3-7,12-15H2,1-2H3. The molecule has 120 valence electrons. The minimum atomic E-state index is -0.272. The molecule has 0 unspecified atom stereocenters. The lowest BCUT2D eigenvalue weighted by Gasteiger charge is -2.35. The van der Waals surface area contributed by atoms with Crippen LogP contribution in [0.5, 0.6) is 5.75 Å². The monoisotopic (exact) mass is 299 g/mol. The first-order valence-corrected chi connectivity index (χ1v) is 8.88. The molecule has 2 rings (SSSR count). The van der Waals surface area contributed by atoms with Crippen molar-refractivity contribution in [2.75, 3.05) is 6.61 Å². The normalized spacial score (nSPS) is 24.7. The molecule has 2 nitrogen and oxygen atoms in total. The van der Waals surface area contributed by atoms with E-state index in [4.69, 9.17) is 4.74 Å². The second-order valence-electron chi connectivity index (χ2n) is 6.59. The fraction of sp³-hybridized carbons (Fsp3) is 0.650. The van der Waals surface area contributed by atoms with Gasteiger partial charge >= 0.3 is 0 Å². The van der Waals surface area contributed by atoms with Crippen LogP contribution in [0.4, 0.5) is 0 Å². The molecule has 1 saturated carbocycles. The van der Waals surface area contributed by atoms with Crippen molar-refractivity contribution in [1.29, 1.82) is 5.26 Å². The summed E-state index contributed by atoms with van der Waals surface area (Å²) in [5.74, 6) is 1.73.